The molecule has 0 spiro atoms. The number of rotatable bonds is 7. The molecule has 2 saturated heterocycles. The predicted molar refractivity (Wildman–Crippen MR) is 89.5 cm³/mol. The topological polar surface area (TPSA) is 64.7 Å². The number of carbonyl (C=O) groups is 2. The molecule has 2 amide bonds. The van der Waals surface area contributed by atoms with E-state index in [1.165, 1.54) is 23.5 Å². The van der Waals surface area contributed by atoms with E-state index >= 15 is 0 Å². The van der Waals surface area contributed by atoms with Gasteiger partial charge in [-0.15, -0.1) is 0 Å². The molecule has 0 aliphatic carbocycles. The molecule has 2 N–H and O–H groups in total. The highest BCUT2D eigenvalue weighted by molar-refractivity contribution is 8.24. The molecule has 2 aliphatic rings. The third-order valence-corrected chi connectivity index (χ3v) is 5.56. The molecule has 20 heavy (non-hydrogen) atoms. The van der Waals surface area contributed by atoms with Crippen LogP contribution in [0.15, 0.2) is 0 Å². The zero-order chi connectivity index (χ0) is 14.5. The Morgan fingerprint density at radius 2 is 1.30 bits per heavy atom. The van der Waals surface area contributed by atoms with Gasteiger partial charge >= 0.3 is 0 Å². The Hall–Kier alpha value is -0.260. The number of nitrogens with one attached hydrogen (secondary N) is 2. The summed E-state index contributed by atoms with van der Waals surface area (Å²) in [4.78, 5) is 26.0. The van der Waals surface area contributed by atoms with Gasteiger partial charge in [-0.2, -0.15) is 0 Å². The van der Waals surface area contributed by atoms with Gasteiger partial charge in [0.05, 0.1) is 24.8 Å². The number of thiocarbonyl (C=S) groups is 2. The van der Waals surface area contributed by atoms with E-state index in [9.17, 15) is 9.59 Å². The van der Waals surface area contributed by atoms with Crippen molar-refractivity contribution in [1.29, 1.82) is 0 Å². The molecule has 0 radical (unpaired) electrons. The quantitative estimate of drug-likeness (QED) is 0.484. The second-order valence-corrected chi connectivity index (χ2v) is 7.29. The Morgan fingerprint density at radius 3 is 1.60 bits per heavy atom. The highest BCUT2D eigenvalue weighted by Crippen LogP contribution is 2.18. The van der Waals surface area contributed by atoms with E-state index in [0.29, 0.717) is 46.6 Å². The summed E-state index contributed by atoms with van der Waals surface area (Å²) >= 11 is 12.9. The van der Waals surface area contributed by atoms with Crippen LogP contribution in [0, 0.1) is 0 Å². The van der Waals surface area contributed by atoms with Gasteiger partial charge in [0.2, 0.25) is 11.8 Å². The maximum absolute atomic E-state index is 11.5. The number of carbonyl (C=O) groups excluding carboxylic acids is 2. The number of hydrogen-bond donors (Lipinski definition) is 2. The Bertz CT molecular complexity index is 373. The molecule has 2 aliphatic heterocycles. The molecule has 0 unspecified atom stereocenters. The molecule has 0 saturated carbocycles. The third kappa shape index (κ3) is 4.12. The SMILES string of the molecule is O=C1CSC(=S)N1CNCCNCN1C(=O)CSC1=S. The molecule has 0 aromatic rings. The van der Waals surface area contributed by atoms with Crippen molar-refractivity contribution in [2.45, 2.75) is 0 Å². The van der Waals surface area contributed by atoms with Crippen LogP contribution in [0.4, 0.5) is 0 Å². The number of hydrogen-bond acceptors (Lipinski definition) is 8. The highest BCUT2D eigenvalue weighted by atomic mass is 32.2. The van der Waals surface area contributed by atoms with Crippen LogP contribution >= 0.6 is 48.0 Å². The minimum Gasteiger partial charge on any atom is -0.298 e. The van der Waals surface area contributed by atoms with Crippen molar-refractivity contribution in [3.05, 3.63) is 0 Å². The van der Waals surface area contributed by atoms with Gasteiger partial charge in [-0.3, -0.25) is 30.0 Å². The second kappa shape index (κ2) is 7.66. The number of thioether (sulfide) groups is 2. The molecule has 0 aromatic carbocycles. The molecule has 2 rings (SSSR count). The number of nitrogens with zero attached hydrogens (tertiary/aromatic N) is 2. The maximum Gasteiger partial charge on any atom is 0.239 e. The lowest BCUT2D eigenvalue weighted by Crippen LogP contribution is -2.42. The van der Waals surface area contributed by atoms with Gasteiger partial charge in [0.15, 0.2) is 0 Å². The summed E-state index contributed by atoms with van der Waals surface area (Å²) in [5.74, 6) is 0.964. The van der Waals surface area contributed by atoms with Gasteiger partial charge < -0.3 is 0 Å². The molecule has 110 valence electrons. The Labute approximate surface area is 136 Å². The fraction of sp³-hybridized carbons (Fsp3) is 0.600. The minimum absolute atomic E-state index is 0.0468. The summed E-state index contributed by atoms with van der Waals surface area (Å²) in [6, 6.07) is 0. The van der Waals surface area contributed by atoms with Gasteiger partial charge in [0, 0.05) is 13.1 Å². The van der Waals surface area contributed by atoms with Crippen molar-refractivity contribution in [1.82, 2.24) is 20.4 Å². The Morgan fingerprint density at radius 1 is 0.900 bits per heavy atom. The lowest BCUT2D eigenvalue weighted by Gasteiger charge is -2.17. The summed E-state index contributed by atoms with van der Waals surface area (Å²) in [5.41, 5.74) is 0. The fourth-order valence-corrected chi connectivity index (χ4v) is 3.76. The average molecular weight is 351 g/mol. The van der Waals surface area contributed by atoms with Crippen LogP contribution < -0.4 is 10.6 Å². The molecule has 6 nitrogen and oxygen atoms in total. The van der Waals surface area contributed by atoms with E-state index in [2.05, 4.69) is 10.6 Å². The van der Waals surface area contributed by atoms with Gasteiger partial charge in [-0.25, -0.2) is 0 Å². The van der Waals surface area contributed by atoms with E-state index in [0.717, 1.165) is 0 Å². The van der Waals surface area contributed by atoms with Crippen LogP contribution in [0.3, 0.4) is 0 Å². The first-order chi connectivity index (χ1) is 9.59. The lowest BCUT2D eigenvalue weighted by molar-refractivity contribution is -0.125. The maximum atomic E-state index is 11.5. The number of amides is 2. The average Bonchev–Trinajstić information content (AvgIpc) is 2.90. The Balaban J connectivity index is 1.56. The van der Waals surface area contributed by atoms with E-state index < -0.39 is 0 Å². The summed E-state index contributed by atoms with van der Waals surface area (Å²) in [6.07, 6.45) is 0. The van der Waals surface area contributed by atoms with Crippen molar-refractivity contribution < 1.29 is 9.59 Å². The Kier molecular flexibility index (Phi) is 6.18. The predicted octanol–water partition coefficient (Wildman–Crippen LogP) is -0.199. The molecule has 10 heteroatoms. The fourth-order valence-electron chi connectivity index (χ4n) is 1.63. The first-order valence-electron chi connectivity index (χ1n) is 5.95. The van der Waals surface area contributed by atoms with Crippen LogP contribution in [0.5, 0.6) is 0 Å². The van der Waals surface area contributed by atoms with Gasteiger partial charge in [0.25, 0.3) is 0 Å². The molecule has 2 fully saturated rings. The van der Waals surface area contributed by atoms with E-state index in [4.69, 9.17) is 24.4 Å². The van der Waals surface area contributed by atoms with E-state index in [-0.39, 0.29) is 11.8 Å². The molecular formula is C10H14N4O2S4. The first kappa shape index (κ1) is 16.1. The molecule has 2 heterocycles. The monoisotopic (exact) mass is 350 g/mol. The first-order valence-corrected chi connectivity index (χ1v) is 8.74. The molecule has 0 bridgehead atoms. The van der Waals surface area contributed by atoms with Crippen LogP contribution in [0.25, 0.3) is 0 Å². The molecule has 0 atom stereocenters. The van der Waals surface area contributed by atoms with Crippen LogP contribution in [0.1, 0.15) is 0 Å². The standard InChI is InChI=1S/C10H14N4O2S4/c15-7-3-19-9(17)13(7)5-11-1-2-12-6-14-8(16)4-20-10(14)18/h11-12H,1-6H2. The second-order valence-electron chi connectivity index (χ2n) is 4.07. The van der Waals surface area contributed by atoms with Crippen molar-refractivity contribution in [3.63, 3.8) is 0 Å². The summed E-state index contributed by atoms with van der Waals surface area (Å²) < 4.78 is 1.25. The van der Waals surface area contributed by atoms with E-state index in [1.54, 1.807) is 9.80 Å². The highest BCUT2D eigenvalue weighted by Gasteiger charge is 2.26. The van der Waals surface area contributed by atoms with Gasteiger partial charge in [0.1, 0.15) is 8.64 Å². The minimum atomic E-state index is 0.0468. The van der Waals surface area contributed by atoms with Gasteiger partial charge in [-0.1, -0.05) is 48.0 Å². The normalized spacial score (nSPS) is 19.6. The lowest BCUT2D eigenvalue weighted by atomic mass is 10.5. The van der Waals surface area contributed by atoms with Crippen LogP contribution in [-0.2, 0) is 9.59 Å². The smallest absolute Gasteiger partial charge is 0.239 e. The summed E-state index contributed by atoms with van der Waals surface area (Å²) in [7, 11) is 0. The van der Waals surface area contributed by atoms with Crippen LogP contribution in [-0.4, -0.2) is 68.2 Å². The van der Waals surface area contributed by atoms with Gasteiger partial charge in [-0.05, 0) is 0 Å². The molecule has 0 aromatic heterocycles. The van der Waals surface area contributed by atoms with Crippen molar-refractivity contribution in [2.24, 2.45) is 0 Å². The van der Waals surface area contributed by atoms with Crippen molar-refractivity contribution in [3.8, 4) is 0 Å². The van der Waals surface area contributed by atoms with E-state index in [1.807, 2.05) is 0 Å². The van der Waals surface area contributed by atoms with Crippen molar-refractivity contribution >= 4 is 68.4 Å². The summed E-state index contributed by atoms with van der Waals surface area (Å²) in [6.45, 7) is 2.23. The zero-order valence-electron chi connectivity index (χ0n) is 10.6. The third-order valence-electron chi connectivity index (χ3n) is 2.70. The summed E-state index contributed by atoms with van der Waals surface area (Å²) in [5, 5.41) is 6.27. The zero-order valence-corrected chi connectivity index (χ0v) is 13.9. The van der Waals surface area contributed by atoms with Crippen LogP contribution in [0.2, 0.25) is 0 Å². The molecular weight excluding hydrogens is 336 g/mol. The van der Waals surface area contributed by atoms with Crippen molar-refractivity contribution in [2.75, 3.05) is 37.9 Å². The largest absolute Gasteiger partial charge is 0.298 e.